The Balaban J connectivity index is 2.16. The predicted octanol–water partition coefficient (Wildman–Crippen LogP) is 3.33. The summed E-state index contributed by atoms with van der Waals surface area (Å²) in [5, 5.41) is 0. The highest BCUT2D eigenvalue weighted by Crippen LogP contribution is 2.37. The molecule has 19 heavy (non-hydrogen) atoms. The number of aryl methyl sites for hydroxylation is 1. The Bertz CT molecular complexity index is 508. The Morgan fingerprint density at radius 1 is 1.26 bits per heavy atom. The molecule has 1 aromatic rings. The lowest BCUT2D eigenvalue weighted by Crippen LogP contribution is -2.42. The maximum absolute atomic E-state index is 12.2. The molecule has 3 nitrogen and oxygen atoms in total. The number of hydrogen-bond acceptors (Lipinski definition) is 3. The molecule has 0 radical (unpaired) electrons. The molecule has 0 saturated heterocycles. The maximum Gasteiger partial charge on any atom is 0.251 e. The summed E-state index contributed by atoms with van der Waals surface area (Å²) in [6.45, 7) is 0. The molecule has 0 fully saturated rings. The van der Waals surface area contributed by atoms with Crippen LogP contribution < -0.4 is 0 Å². The SMILES string of the molecule is O=C(C(Cl)(Cl)Cl)C1(CCc2ccncc2)C=CC=N1. The monoisotopic (exact) mass is 316 g/mol. The number of rotatable bonds is 4. The average molecular weight is 318 g/mol. The van der Waals surface area contributed by atoms with Crippen molar-refractivity contribution in [3.63, 3.8) is 0 Å². The number of ketones is 1. The van der Waals surface area contributed by atoms with Gasteiger partial charge in [-0.15, -0.1) is 0 Å². The van der Waals surface area contributed by atoms with E-state index < -0.39 is 15.1 Å². The summed E-state index contributed by atoms with van der Waals surface area (Å²) < 4.78 is -1.97. The van der Waals surface area contributed by atoms with Crippen molar-refractivity contribution in [2.24, 2.45) is 4.99 Å². The number of Topliss-reactive ketones (excluding diaryl/α,β-unsaturated/α-hetero) is 1. The number of alkyl halides is 3. The summed E-state index contributed by atoms with van der Waals surface area (Å²) >= 11 is 17.1. The number of aliphatic imine (C=N–C) groups is 1. The minimum atomic E-state index is -1.97. The summed E-state index contributed by atoms with van der Waals surface area (Å²) in [6.07, 6.45) is 9.44. The van der Waals surface area contributed by atoms with Crippen LogP contribution in [0, 0.1) is 0 Å². The number of allylic oxidation sites excluding steroid dienone is 1. The quantitative estimate of drug-likeness (QED) is 0.799. The zero-order valence-corrected chi connectivity index (χ0v) is 12.2. The molecule has 1 aromatic heterocycles. The molecule has 0 bridgehead atoms. The summed E-state index contributed by atoms with van der Waals surface area (Å²) in [5.74, 6) is -0.524. The molecule has 2 rings (SSSR count). The first-order valence-corrected chi connectivity index (χ1v) is 6.81. The first kappa shape index (κ1) is 14.5. The van der Waals surface area contributed by atoms with Crippen LogP contribution in [0.4, 0.5) is 0 Å². The second-order valence-electron chi connectivity index (χ2n) is 4.24. The molecule has 1 aliphatic rings. The molecule has 1 atom stereocenters. The highest BCUT2D eigenvalue weighted by molar-refractivity contribution is 6.77. The fraction of sp³-hybridized carbons (Fsp3) is 0.308. The van der Waals surface area contributed by atoms with Gasteiger partial charge in [0.25, 0.3) is 3.79 Å². The van der Waals surface area contributed by atoms with E-state index >= 15 is 0 Å². The zero-order valence-electron chi connectivity index (χ0n) is 9.89. The van der Waals surface area contributed by atoms with Crippen molar-refractivity contribution in [3.8, 4) is 0 Å². The Morgan fingerprint density at radius 3 is 2.47 bits per heavy atom. The van der Waals surface area contributed by atoms with Crippen LogP contribution in [0.25, 0.3) is 0 Å². The molecule has 100 valence electrons. The highest BCUT2D eigenvalue weighted by Gasteiger charge is 2.46. The van der Waals surface area contributed by atoms with E-state index in [1.165, 1.54) is 0 Å². The van der Waals surface area contributed by atoms with Crippen LogP contribution in [-0.2, 0) is 11.2 Å². The Morgan fingerprint density at radius 2 is 1.95 bits per heavy atom. The Hall–Kier alpha value is -0.900. The highest BCUT2D eigenvalue weighted by atomic mass is 35.6. The summed E-state index contributed by atoms with van der Waals surface area (Å²) in [5.41, 5.74) is -0.0175. The molecule has 1 unspecified atom stereocenters. The molecule has 2 heterocycles. The number of pyridine rings is 1. The van der Waals surface area contributed by atoms with Gasteiger partial charge in [-0.05, 0) is 42.7 Å². The van der Waals surface area contributed by atoms with E-state index in [2.05, 4.69) is 9.98 Å². The standard InChI is InChI=1S/C13H11Cl3N2O/c14-13(15,16)11(19)12(5-1-7-18-12)6-2-10-3-8-17-9-4-10/h1,3-5,7-9H,2,6H2. The summed E-state index contributed by atoms with van der Waals surface area (Å²) in [7, 11) is 0. The third kappa shape index (κ3) is 3.35. The van der Waals surface area contributed by atoms with E-state index in [-0.39, 0.29) is 0 Å². The van der Waals surface area contributed by atoms with Crippen LogP contribution in [-0.4, -0.2) is 26.3 Å². The molecule has 0 spiro atoms. The minimum absolute atomic E-state index is 0.455. The van der Waals surface area contributed by atoms with Crippen LogP contribution in [0.3, 0.4) is 0 Å². The second kappa shape index (κ2) is 5.61. The molecule has 0 aromatic carbocycles. The molecule has 0 aliphatic carbocycles. The van der Waals surface area contributed by atoms with Gasteiger partial charge in [0.1, 0.15) is 5.54 Å². The fourth-order valence-corrected chi connectivity index (χ4v) is 2.44. The fourth-order valence-electron chi connectivity index (χ4n) is 1.95. The van der Waals surface area contributed by atoms with Crippen molar-refractivity contribution >= 4 is 46.8 Å². The van der Waals surface area contributed by atoms with Gasteiger partial charge in [0.2, 0.25) is 5.78 Å². The summed E-state index contributed by atoms with van der Waals surface area (Å²) in [6, 6.07) is 3.77. The van der Waals surface area contributed by atoms with E-state index in [0.29, 0.717) is 12.8 Å². The predicted molar refractivity (Wildman–Crippen MR) is 78.2 cm³/mol. The molecule has 6 heteroatoms. The molecule has 0 amide bonds. The van der Waals surface area contributed by atoms with Crippen molar-refractivity contribution in [3.05, 3.63) is 42.2 Å². The second-order valence-corrected chi connectivity index (χ2v) is 6.53. The Kier molecular flexibility index (Phi) is 4.29. The van der Waals surface area contributed by atoms with Gasteiger partial charge < -0.3 is 0 Å². The van der Waals surface area contributed by atoms with Crippen molar-refractivity contribution in [1.82, 2.24) is 4.98 Å². The molecule has 0 saturated carbocycles. The first-order chi connectivity index (χ1) is 8.94. The molecular weight excluding hydrogens is 307 g/mol. The molecule has 0 N–H and O–H groups in total. The number of carbonyl (C=O) groups is 1. The van der Waals surface area contributed by atoms with Crippen molar-refractivity contribution in [2.45, 2.75) is 22.2 Å². The van der Waals surface area contributed by atoms with Gasteiger partial charge >= 0.3 is 0 Å². The molecule has 1 aliphatic heterocycles. The normalized spacial score (nSPS) is 21.8. The van der Waals surface area contributed by atoms with E-state index in [1.54, 1.807) is 30.8 Å². The van der Waals surface area contributed by atoms with Crippen LogP contribution in [0.5, 0.6) is 0 Å². The number of hydrogen-bond donors (Lipinski definition) is 0. The third-order valence-electron chi connectivity index (χ3n) is 2.96. The van der Waals surface area contributed by atoms with E-state index in [1.807, 2.05) is 12.1 Å². The van der Waals surface area contributed by atoms with Crippen LogP contribution in [0.2, 0.25) is 0 Å². The van der Waals surface area contributed by atoms with Crippen LogP contribution in [0.1, 0.15) is 12.0 Å². The van der Waals surface area contributed by atoms with Gasteiger partial charge in [-0.1, -0.05) is 34.8 Å². The van der Waals surface area contributed by atoms with E-state index in [9.17, 15) is 4.79 Å². The van der Waals surface area contributed by atoms with Gasteiger partial charge in [-0.25, -0.2) is 0 Å². The summed E-state index contributed by atoms with van der Waals surface area (Å²) in [4.78, 5) is 20.4. The van der Waals surface area contributed by atoms with Gasteiger partial charge in [-0.2, -0.15) is 0 Å². The van der Waals surface area contributed by atoms with Crippen molar-refractivity contribution in [1.29, 1.82) is 0 Å². The lowest BCUT2D eigenvalue weighted by Gasteiger charge is -2.26. The van der Waals surface area contributed by atoms with Gasteiger partial charge in [-0.3, -0.25) is 14.8 Å². The zero-order chi connectivity index (χ0) is 13.9. The van der Waals surface area contributed by atoms with Crippen LogP contribution >= 0.6 is 34.8 Å². The largest absolute Gasteiger partial charge is 0.292 e. The first-order valence-electron chi connectivity index (χ1n) is 5.68. The number of nitrogens with zero attached hydrogens (tertiary/aromatic N) is 2. The number of carbonyl (C=O) groups excluding carboxylic acids is 1. The van der Waals surface area contributed by atoms with Crippen molar-refractivity contribution < 1.29 is 4.79 Å². The Labute approximate surface area is 126 Å². The van der Waals surface area contributed by atoms with Crippen molar-refractivity contribution in [2.75, 3.05) is 0 Å². The maximum atomic E-state index is 12.2. The lowest BCUT2D eigenvalue weighted by molar-refractivity contribution is -0.121. The topological polar surface area (TPSA) is 42.3 Å². The molecular formula is C13H11Cl3N2O. The van der Waals surface area contributed by atoms with Gasteiger partial charge in [0.15, 0.2) is 0 Å². The number of halogens is 3. The van der Waals surface area contributed by atoms with E-state index in [4.69, 9.17) is 34.8 Å². The number of aromatic nitrogens is 1. The minimum Gasteiger partial charge on any atom is -0.292 e. The average Bonchev–Trinajstić information content (AvgIpc) is 2.85. The van der Waals surface area contributed by atoms with E-state index in [0.717, 1.165) is 5.56 Å². The lowest BCUT2D eigenvalue weighted by atomic mass is 9.89. The smallest absolute Gasteiger partial charge is 0.251 e. The van der Waals surface area contributed by atoms with Crippen LogP contribution in [0.15, 0.2) is 41.7 Å². The third-order valence-corrected chi connectivity index (χ3v) is 3.47. The van der Waals surface area contributed by atoms with Gasteiger partial charge in [0.05, 0.1) is 0 Å². The van der Waals surface area contributed by atoms with Gasteiger partial charge in [0, 0.05) is 18.6 Å².